The average Bonchev–Trinajstić information content (AvgIpc) is 2.09. The first-order valence-corrected chi connectivity index (χ1v) is 4.83. The highest BCUT2D eigenvalue weighted by Gasteiger charge is 2.21. The minimum Gasteiger partial charge on any atom is -0.377 e. The zero-order valence-corrected chi connectivity index (χ0v) is 7.75. The molecule has 0 unspecified atom stereocenters. The van der Waals surface area contributed by atoms with Gasteiger partial charge in [-0.25, -0.2) is 0 Å². The molecule has 0 aliphatic heterocycles. The predicted molar refractivity (Wildman–Crippen MR) is 47.6 cm³/mol. The van der Waals surface area contributed by atoms with Gasteiger partial charge in [0.05, 0.1) is 25.2 Å². The second-order valence-electron chi connectivity index (χ2n) is 3.58. The van der Waals surface area contributed by atoms with Crippen molar-refractivity contribution in [2.75, 3.05) is 6.61 Å². The van der Waals surface area contributed by atoms with Gasteiger partial charge in [-0.15, -0.1) is 0 Å². The van der Waals surface area contributed by atoms with E-state index in [0.717, 1.165) is 0 Å². The van der Waals surface area contributed by atoms with Crippen molar-refractivity contribution in [1.82, 2.24) is 0 Å². The predicted octanol–water partition coefficient (Wildman–Crippen LogP) is 2.50. The first kappa shape index (κ1) is 9.54. The Balaban J connectivity index is 2.16. The van der Waals surface area contributed by atoms with Crippen LogP contribution >= 0.6 is 0 Å². The molecule has 1 rings (SSSR count). The molecule has 0 aromatic heterocycles. The van der Waals surface area contributed by atoms with Gasteiger partial charge < -0.3 is 4.74 Å². The normalized spacial score (nSPS) is 29.7. The zero-order chi connectivity index (χ0) is 8.81. The largest absolute Gasteiger partial charge is 0.377 e. The number of hydrogen-bond acceptors (Lipinski definition) is 2. The van der Waals surface area contributed by atoms with Crippen molar-refractivity contribution in [2.24, 2.45) is 5.92 Å². The first-order chi connectivity index (χ1) is 5.84. The van der Waals surface area contributed by atoms with Crippen LogP contribution in [-0.4, -0.2) is 12.7 Å². The summed E-state index contributed by atoms with van der Waals surface area (Å²) in [5, 5.41) is 8.33. The molecule has 1 aliphatic carbocycles. The van der Waals surface area contributed by atoms with Gasteiger partial charge in [-0.2, -0.15) is 5.26 Å². The molecule has 1 aliphatic rings. The van der Waals surface area contributed by atoms with Crippen molar-refractivity contribution in [3.63, 3.8) is 0 Å². The molecular formula is C10H17NO. The van der Waals surface area contributed by atoms with Crippen LogP contribution in [0, 0.1) is 17.2 Å². The SMILES string of the molecule is C[C@@H]1CCCC[C@H]1OCCC#N. The summed E-state index contributed by atoms with van der Waals surface area (Å²) in [6, 6.07) is 2.10. The highest BCUT2D eigenvalue weighted by Crippen LogP contribution is 2.26. The van der Waals surface area contributed by atoms with Crippen LogP contribution in [-0.2, 0) is 4.74 Å². The van der Waals surface area contributed by atoms with E-state index in [1.165, 1.54) is 25.7 Å². The molecule has 0 spiro atoms. The molecule has 2 atom stereocenters. The summed E-state index contributed by atoms with van der Waals surface area (Å²) in [5.74, 6) is 0.692. The Kier molecular flexibility index (Phi) is 4.10. The van der Waals surface area contributed by atoms with Gasteiger partial charge >= 0.3 is 0 Å². The lowest BCUT2D eigenvalue weighted by Crippen LogP contribution is -2.25. The molecular weight excluding hydrogens is 150 g/mol. The maximum atomic E-state index is 8.33. The zero-order valence-electron chi connectivity index (χ0n) is 7.75. The minimum absolute atomic E-state index is 0.423. The molecule has 0 aromatic carbocycles. The molecule has 2 nitrogen and oxygen atoms in total. The fraction of sp³-hybridized carbons (Fsp3) is 0.900. The van der Waals surface area contributed by atoms with Crippen LogP contribution in [0.4, 0.5) is 0 Å². The van der Waals surface area contributed by atoms with E-state index < -0.39 is 0 Å². The van der Waals surface area contributed by atoms with Gasteiger partial charge in [-0.05, 0) is 18.8 Å². The molecule has 1 saturated carbocycles. The lowest BCUT2D eigenvalue weighted by molar-refractivity contribution is -0.00209. The van der Waals surface area contributed by atoms with Gasteiger partial charge in [-0.1, -0.05) is 19.8 Å². The minimum atomic E-state index is 0.423. The Morgan fingerprint density at radius 1 is 1.42 bits per heavy atom. The summed E-state index contributed by atoms with van der Waals surface area (Å²) in [6.07, 6.45) is 6.07. The Morgan fingerprint density at radius 3 is 2.83 bits per heavy atom. The summed E-state index contributed by atoms with van der Waals surface area (Å²) in [7, 11) is 0. The second kappa shape index (κ2) is 5.16. The van der Waals surface area contributed by atoms with E-state index >= 15 is 0 Å². The lowest BCUT2D eigenvalue weighted by Gasteiger charge is -2.28. The molecule has 2 heteroatoms. The first-order valence-electron chi connectivity index (χ1n) is 4.83. The highest BCUT2D eigenvalue weighted by atomic mass is 16.5. The maximum absolute atomic E-state index is 8.33. The van der Waals surface area contributed by atoms with E-state index in [4.69, 9.17) is 10.00 Å². The average molecular weight is 167 g/mol. The van der Waals surface area contributed by atoms with Crippen molar-refractivity contribution in [3.8, 4) is 6.07 Å². The molecule has 1 fully saturated rings. The Morgan fingerprint density at radius 2 is 2.17 bits per heavy atom. The Hall–Kier alpha value is -0.550. The van der Waals surface area contributed by atoms with Crippen molar-refractivity contribution < 1.29 is 4.74 Å². The standard InChI is InChI=1S/C10H17NO/c1-9-5-2-3-6-10(9)12-8-4-7-11/h9-10H,2-6,8H2,1H3/t9-,10-/m1/s1. The number of nitrogens with zero attached hydrogens (tertiary/aromatic N) is 1. The molecule has 68 valence electrons. The molecule has 0 amide bonds. The fourth-order valence-corrected chi connectivity index (χ4v) is 1.79. The lowest BCUT2D eigenvalue weighted by atomic mass is 9.88. The molecule has 0 radical (unpaired) electrons. The summed E-state index contributed by atoms with van der Waals surface area (Å²) in [6.45, 7) is 2.86. The van der Waals surface area contributed by atoms with E-state index in [2.05, 4.69) is 13.0 Å². The summed E-state index contributed by atoms with van der Waals surface area (Å²) in [4.78, 5) is 0. The van der Waals surface area contributed by atoms with Crippen molar-refractivity contribution in [1.29, 1.82) is 5.26 Å². The summed E-state index contributed by atoms with van der Waals surface area (Å²) < 4.78 is 5.61. The number of rotatable bonds is 3. The summed E-state index contributed by atoms with van der Waals surface area (Å²) in [5.41, 5.74) is 0. The van der Waals surface area contributed by atoms with Crippen LogP contribution in [0.2, 0.25) is 0 Å². The monoisotopic (exact) mass is 167 g/mol. The van der Waals surface area contributed by atoms with E-state index in [-0.39, 0.29) is 0 Å². The quantitative estimate of drug-likeness (QED) is 0.605. The maximum Gasteiger partial charge on any atom is 0.0645 e. The van der Waals surface area contributed by atoms with E-state index in [1.54, 1.807) is 0 Å². The molecule has 0 N–H and O–H groups in total. The van der Waals surface area contributed by atoms with Crippen LogP contribution in [0.3, 0.4) is 0 Å². The molecule has 0 bridgehead atoms. The smallest absolute Gasteiger partial charge is 0.0645 e. The van der Waals surface area contributed by atoms with Crippen LogP contribution < -0.4 is 0 Å². The van der Waals surface area contributed by atoms with Crippen LogP contribution in [0.5, 0.6) is 0 Å². The number of hydrogen-bond donors (Lipinski definition) is 0. The third-order valence-electron chi connectivity index (χ3n) is 2.58. The number of ether oxygens (including phenoxy) is 1. The van der Waals surface area contributed by atoms with Gasteiger partial charge in [-0.3, -0.25) is 0 Å². The van der Waals surface area contributed by atoms with E-state index in [1.807, 2.05) is 0 Å². The van der Waals surface area contributed by atoms with E-state index in [9.17, 15) is 0 Å². The van der Waals surface area contributed by atoms with E-state index in [0.29, 0.717) is 25.0 Å². The molecule has 0 aromatic rings. The summed E-state index contributed by atoms with van der Waals surface area (Å²) >= 11 is 0. The third-order valence-corrected chi connectivity index (χ3v) is 2.58. The van der Waals surface area contributed by atoms with Gasteiger partial charge in [0, 0.05) is 0 Å². The Labute approximate surface area is 74.5 Å². The van der Waals surface area contributed by atoms with Gasteiger partial charge in [0.2, 0.25) is 0 Å². The number of nitriles is 1. The van der Waals surface area contributed by atoms with Gasteiger partial charge in [0.1, 0.15) is 0 Å². The third kappa shape index (κ3) is 2.83. The second-order valence-corrected chi connectivity index (χ2v) is 3.58. The van der Waals surface area contributed by atoms with Crippen LogP contribution in [0.25, 0.3) is 0 Å². The van der Waals surface area contributed by atoms with Crippen molar-refractivity contribution in [3.05, 3.63) is 0 Å². The molecule has 0 saturated heterocycles. The molecule has 12 heavy (non-hydrogen) atoms. The highest BCUT2D eigenvalue weighted by molar-refractivity contribution is 4.74. The topological polar surface area (TPSA) is 33.0 Å². The van der Waals surface area contributed by atoms with Crippen LogP contribution in [0.1, 0.15) is 39.0 Å². The van der Waals surface area contributed by atoms with Crippen molar-refractivity contribution >= 4 is 0 Å². The van der Waals surface area contributed by atoms with Crippen molar-refractivity contribution in [2.45, 2.75) is 45.1 Å². The van der Waals surface area contributed by atoms with Gasteiger partial charge in [0.25, 0.3) is 0 Å². The fourth-order valence-electron chi connectivity index (χ4n) is 1.79. The molecule has 0 heterocycles. The van der Waals surface area contributed by atoms with Crippen LogP contribution in [0.15, 0.2) is 0 Å². The van der Waals surface area contributed by atoms with Gasteiger partial charge in [0.15, 0.2) is 0 Å². The Bertz CT molecular complexity index is 162.